The van der Waals surface area contributed by atoms with Crippen molar-refractivity contribution in [1.29, 1.82) is 0 Å². The zero-order valence-electron chi connectivity index (χ0n) is 18.9. The minimum Gasteiger partial charge on any atom is -0.478 e. The number of carboxylic acids is 1. The highest BCUT2D eigenvalue weighted by Gasteiger charge is 2.23. The normalized spacial score (nSPS) is 10.9. The number of nitrogens with zero attached hydrogens (tertiary/aromatic N) is 5. The Hall–Kier alpha value is -4.11. The van der Waals surface area contributed by atoms with Crippen molar-refractivity contribution in [2.75, 3.05) is 0 Å². The van der Waals surface area contributed by atoms with Gasteiger partial charge in [0, 0.05) is 23.1 Å². The first kappa shape index (κ1) is 24.0. The molecule has 0 atom stereocenters. The van der Waals surface area contributed by atoms with Gasteiger partial charge in [0.15, 0.2) is 10.9 Å². The second-order valence-corrected chi connectivity index (χ2v) is 8.22. The molecule has 1 N–H and O–H groups in total. The molecule has 0 radical (unpaired) electrons. The minimum atomic E-state index is -1.18. The summed E-state index contributed by atoms with van der Waals surface area (Å²) in [6, 6.07) is 12.1. The lowest BCUT2D eigenvalue weighted by Gasteiger charge is -2.12. The van der Waals surface area contributed by atoms with E-state index in [1.807, 2.05) is 6.92 Å². The third-order valence-corrected chi connectivity index (χ3v) is 5.83. The third kappa shape index (κ3) is 5.04. The Bertz CT molecular complexity index is 1380. The van der Waals surface area contributed by atoms with Gasteiger partial charge >= 0.3 is 5.97 Å². The molecule has 35 heavy (non-hydrogen) atoms. The van der Waals surface area contributed by atoms with Crippen LogP contribution in [0.5, 0.6) is 0 Å². The molecule has 0 aliphatic carbocycles. The first-order chi connectivity index (χ1) is 16.9. The molecule has 0 unspecified atom stereocenters. The summed E-state index contributed by atoms with van der Waals surface area (Å²) in [6.45, 7) is 2.26. The number of rotatable bonds is 9. The lowest BCUT2D eigenvalue weighted by molar-refractivity contribution is 0.0692. The van der Waals surface area contributed by atoms with Crippen LogP contribution >= 0.6 is 11.6 Å². The van der Waals surface area contributed by atoms with Crippen molar-refractivity contribution >= 4 is 29.3 Å². The van der Waals surface area contributed by atoms with Crippen LogP contribution in [-0.2, 0) is 13.0 Å². The molecule has 2 heterocycles. The molecule has 2 aromatic carbocycles. The highest BCUT2D eigenvalue weighted by atomic mass is 35.5. The van der Waals surface area contributed by atoms with Crippen LogP contribution in [0.3, 0.4) is 0 Å². The Labute approximate surface area is 206 Å². The number of hydrogen-bond donors (Lipinski definition) is 1. The molecule has 0 bridgehead atoms. The SMILES string of the molecule is CCCCc1nc(Cl)c(Cn2cncn2)n1C(=O)c1ccc(C(=O)c2ccccc2C(=O)O)cc1. The quantitative estimate of drug-likeness (QED) is 0.349. The minimum absolute atomic E-state index is 0.0796. The molecule has 10 heteroatoms. The molecule has 0 aliphatic heterocycles. The number of imidazole rings is 1. The van der Waals surface area contributed by atoms with Gasteiger partial charge in [0.25, 0.3) is 5.91 Å². The number of halogens is 1. The van der Waals surface area contributed by atoms with E-state index in [4.69, 9.17) is 11.6 Å². The zero-order valence-corrected chi connectivity index (χ0v) is 19.6. The first-order valence-corrected chi connectivity index (χ1v) is 11.4. The number of benzene rings is 2. The van der Waals surface area contributed by atoms with E-state index in [2.05, 4.69) is 15.1 Å². The molecule has 178 valence electrons. The average Bonchev–Trinajstić information content (AvgIpc) is 3.50. The lowest BCUT2D eigenvalue weighted by Crippen LogP contribution is -2.20. The van der Waals surface area contributed by atoms with Gasteiger partial charge in [-0.25, -0.2) is 19.4 Å². The van der Waals surface area contributed by atoms with Crippen molar-refractivity contribution in [3.8, 4) is 0 Å². The van der Waals surface area contributed by atoms with Crippen LogP contribution < -0.4 is 0 Å². The molecule has 0 aliphatic rings. The number of carbonyl (C=O) groups is 3. The fourth-order valence-electron chi connectivity index (χ4n) is 3.74. The fourth-order valence-corrected chi connectivity index (χ4v) is 3.98. The van der Waals surface area contributed by atoms with E-state index in [-0.39, 0.29) is 34.3 Å². The molecule has 0 saturated carbocycles. The van der Waals surface area contributed by atoms with E-state index in [0.29, 0.717) is 23.5 Å². The molecule has 0 spiro atoms. The summed E-state index contributed by atoms with van der Waals surface area (Å²) in [4.78, 5) is 46.3. The number of aromatic nitrogens is 5. The van der Waals surface area contributed by atoms with E-state index >= 15 is 0 Å². The van der Waals surface area contributed by atoms with Gasteiger partial charge < -0.3 is 5.11 Å². The Morgan fingerprint density at radius 3 is 2.31 bits per heavy atom. The van der Waals surface area contributed by atoms with Crippen LogP contribution in [0.4, 0.5) is 0 Å². The summed E-state index contributed by atoms with van der Waals surface area (Å²) in [6.07, 6.45) is 5.25. The Balaban J connectivity index is 1.67. The van der Waals surface area contributed by atoms with Crippen LogP contribution in [0.2, 0.25) is 5.15 Å². The maximum Gasteiger partial charge on any atom is 0.336 e. The van der Waals surface area contributed by atoms with Crippen LogP contribution in [0, 0.1) is 0 Å². The van der Waals surface area contributed by atoms with Gasteiger partial charge in [0.1, 0.15) is 18.5 Å². The van der Waals surface area contributed by atoms with E-state index in [1.165, 1.54) is 53.6 Å². The highest BCUT2D eigenvalue weighted by Crippen LogP contribution is 2.23. The molecule has 0 saturated heterocycles. The van der Waals surface area contributed by atoms with E-state index < -0.39 is 11.8 Å². The van der Waals surface area contributed by atoms with E-state index in [0.717, 1.165) is 12.8 Å². The number of unbranched alkanes of at least 4 members (excludes halogenated alkanes) is 1. The summed E-state index contributed by atoms with van der Waals surface area (Å²) in [5, 5.41) is 13.7. The first-order valence-electron chi connectivity index (χ1n) is 11.0. The van der Waals surface area contributed by atoms with Crippen molar-refractivity contribution in [3.63, 3.8) is 0 Å². The maximum atomic E-state index is 13.5. The molecule has 4 rings (SSSR count). The van der Waals surface area contributed by atoms with Crippen molar-refractivity contribution in [3.05, 3.63) is 100 Å². The average molecular weight is 492 g/mol. The Morgan fingerprint density at radius 1 is 1.00 bits per heavy atom. The molecule has 0 fully saturated rings. The fraction of sp³-hybridized carbons (Fsp3) is 0.200. The molecular weight excluding hydrogens is 470 g/mol. The largest absolute Gasteiger partial charge is 0.478 e. The van der Waals surface area contributed by atoms with Crippen LogP contribution in [0.1, 0.15) is 67.9 Å². The van der Waals surface area contributed by atoms with Gasteiger partial charge in [-0.15, -0.1) is 0 Å². The van der Waals surface area contributed by atoms with E-state index in [1.54, 1.807) is 16.8 Å². The number of hydrogen-bond acceptors (Lipinski definition) is 6. The molecule has 9 nitrogen and oxygen atoms in total. The van der Waals surface area contributed by atoms with Gasteiger partial charge in [0.2, 0.25) is 0 Å². The van der Waals surface area contributed by atoms with Crippen molar-refractivity contribution in [1.82, 2.24) is 24.3 Å². The topological polar surface area (TPSA) is 120 Å². The molecular formula is C25H22ClN5O4. The molecule has 2 aromatic heterocycles. The number of carboxylic acid groups (broad SMARTS) is 1. The van der Waals surface area contributed by atoms with Crippen molar-refractivity contribution in [2.24, 2.45) is 0 Å². The maximum absolute atomic E-state index is 13.5. The molecule has 0 amide bonds. The predicted octanol–water partition coefficient (Wildman–Crippen LogP) is 4.14. The second kappa shape index (κ2) is 10.4. The summed E-state index contributed by atoms with van der Waals surface area (Å²) in [5.41, 5.74) is 1.10. The van der Waals surface area contributed by atoms with Gasteiger partial charge in [-0.05, 0) is 24.6 Å². The van der Waals surface area contributed by atoms with Gasteiger partial charge in [-0.2, -0.15) is 5.10 Å². The third-order valence-electron chi connectivity index (χ3n) is 5.52. The summed E-state index contributed by atoms with van der Waals surface area (Å²) >= 11 is 6.41. The number of aryl methyl sites for hydroxylation is 1. The monoisotopic (exact) mass is 491 g/mol. The number of carbonyl (C=O) groups excluding carboxylic acids is 2. The lowest BCUT2D eigenvalue weighted by atomic mass is 9.97. The highest BCUT2D eigenvalue weighted by molar-refractivity contribution is 6.30. The molecule has 4 aromatic rings. The summed E-state index contributed by atoms with van der Waals surface area (Å²) in [7, 11) is 0. The Morgan fingerprint density at radius 2 is 1.69 bits per heavy atom. The summed E-state index contributed by atoms with van der Waals surface area (Å²) < 4.78 is 3.05. The number of aromatic carboxylic acids is 1. The second-order valence-electron chi connectivity index (χ2n) is 7.86. The van der Waals surface area contributed by atoms with Gasteiger partial charge in [-0.1, -0.05) is 55.3 Å². The predicted molar refractivity (Wildman–Crippen MR) is 128 cm³/mol. The summed E-state index contributed by atoms with van der Waals surface area (Å²) in [5.74, 6) is -1.41. The van der Waals surface area contributed by atoms with Crippen LogP contribution in [0.25, 0.3) is 0 Å². The zero-order chi connectivity index (χ0) is 24.9. The van der Waals surface area contributed by atoms with E-state index in [9.17, 15) is 19.5 Å². The van der Waals surface area contributed by atoms with Crippen molar-refractivity contribution < 1.29 is 19.5 Å². The standard InChI is InChI=1S/C25H22ClN5O4/c1-2-3-8-21-29-23(26)20(13-30-15-27-14-28-30)31(21)24(33)17-11-9-16(10-12-17)22(32)18-6-4-5-7-19(18)25(34)35/h4-7,9-12,14-15H,2-3,8,13H2,1H3,(H,34,35). The van der Waals surface area contributed by atoms with Gasteiger partial charge in [-0.3, -0.25) is 14.2 Å². The van der Waals surface area contributed by atoms with Crippen molar-refractivity contribution in [2.45, 2.75) is 32.7 Å². The number of ketones is 1. The smallest absolute Gasteiger partial charge is 0.336 e. The van der Waals surface area contributed by atoms with Crippen LogP contribution in [0.15, 0.2) is 61.2 Å². The Kier molecular flexibility index (Phi) is 7.17. The van der Waals surface area contributed by atoms with Crippen LogP contribution in [-0.4, -0.2) is 47.1 Å². The van der Waals surface area contributed by atoms with Gasteiger partial charge in [0.05, 0.1) is 17.8 Å².